The van der Waals surface area contributed by atoms with Crippen LogP contribution in [0.25, 0.3) is 0 Å². The predicted molar refractivity (Wildman–Crippen MR) is 107 cm³/mol. The van der Waals surface area contributed by atoms with Gasteiger partial charge in [0.25, 0.3) is 15.9 Å². The van der Waals surface area contributed by atoms with Gasteiger partial charge in [0, 0.05) is 17.6 Å². The van der Waals surface area contributed by atoms with E-state index < -0.39 is 10.0 Å². The van der Waals surface area contributed by atoms with Crippen molar-refractivity contribution in [2.75, 3.05) is 4.31 Å². The summed E-state index contributed by atoms with van der Waals surface area (Å²) in [6, 6.07) is 13.7. The van der Waals surface area contributed by atoms with Gasteiger partial charge in [-0.05, 0) is 56.0 Å². The molecule has 1 aliphatic heterocycles. The molecule has 144 valence electrons. The Morgan fingerprint density at radius 2 is 1.81 bits per heavy atom. The minimum atomic E-state index is -3.75. The van der Waals surface area contributed by atoms with E-state index in [-0.39, 0.29) is 22.9 Å². The molecule has 1 amide bonds. The smallest absolute Gasteiger partial charge is 0.264 e. The maximum Gasteiger partial charge on any atom is 0.264 e. The van der Waals surface area contributed by atoms with Crippen LogP contribution in [0.15, 0.2) is 53.4 Å². The molecule has 1 N–H and O–H groups in total. The second-order valence-electron chi connectivity index (χ2n) is 7.52. The molecule has 5 nitrogen and oxygen atoms in total. The largest absolute Gasteiger partial charge is 0.349 e. The highest BCUT2D eigenvalue weighted by molar-refractivity contribution is 7.92. The van der Waals surface area contributed by atoms with E-state index in [9.17, 15) is 13.2 Å². The van der Waals surface area contributed by atoms with E-state index in [1.165, 1.54) is 10.4 Å². The van der Waals surface area contributed by atoms with Crippen molar-refractivity contribution in [3.05, 3.63) is 59.7 Å². The van der Waals surface area contributed by atoms with Crippen LogP contribution in [-0.4, -0.2) is 26.4 Å². The summed E-state index contributed by atoms with van der Waals surface area (Å²) in [7, 11) is -3.75. The van der Waals surface area contributed by atoms with Crippen LogP contribution in [-0.2, 0) is 16.4 Å². The highest BCUT2D eigenvalue weighted by Crippen LogP contribution is 2.36. The van der Waals surface area contributed by atoms with E-state index in [0.29, 0.717) is 23.6 Å². The number of nitrogens with zero attached hydrogens (tertiary/aromatic N) is 1. The molecule has 2 aromatic carbocycles. The van der Waals surface area contributed by atoms with Gasteiger partial charge < -0.3 is 5.32 Å². The number of benzene rings is 2. The van der Waals surface area contributed by atoms with Crippen LogP contribution < -0.4 is 9.62 Å². The van der Waals surface area contributed by atoms with Gasteiger partial charge >= 0.3 is 0 Å². The van der Waals surface area contributed by atoms with Crippen molar-refractivity contribution in [2.45, 2.75) is 51.1 Å². The van der Waals surface area contributed by atoms with Crippen LogP contribution in [0.4, 0.5) is 5.69 Å². The average Bonchev–Trinajstić information content (AvgIpc) is 2.98. The maximum atomic E-state index is 13.3. The lowest BCUT2D eigenvalue weighted by molar-refractivity contribution is 0.0930. The van der Waals surface area contributed by atoms with Crippen molar-refractivity contribution in [3.8, 4) is 0 Å². The molecule has 1 aliphatic rings. The first-order valence-electron chi connectivity index (χ1n) is 9.25. The number of fused-ring (bicyclic) bond motifs is 1. The van der Waals surface area contributed by atoms with Crippen molar-refractivity contribution in [2.24, 2.45) is 5.92 Å². The molecule has 0 bridgehead atoms. The van der Waals surface area contributed by atoms with Gasteiger partial charge in [0.1, 0.15) is 0 Å². The molecule has 2 atom stereocenters. The van der Waals surface area contributed by atoms with Crippen molar-refractivity contribution >= 4 is 21.6 Å². The molecule has 1 heterocycles. The lowest BCUT2D eigenvalue weighted by Gasteiger charge is -2.24. The van der Waals surface area contributed by atoms with Gasteiger partial charge in [-0.1, -0.05) is 38.1 Å². The third kappa shape index (κ3) is 3.72. The highest BCUT2D eigenvalue weighted by atomic mass is 32.2. The molecule has 2 aromatic rings. The van der Waals surface area contributed by atoms with Crippen LogP contribution in [0.2, 0.25) is 0 Å². The first kappa shape index (κ1) is 19.4. The second-order valence-corrected chi connectivity index (χ2v) is 9.33. The van der Waals surface area contributed by atoms with Crippen LogP contribution in [0.3, 0.4) is 0 Å². The zero-order chi connectivity index (χ0) is 19.8. The molecule has 0 aromatic heterocycles. The standard InChI is InChI=1S/C21H26N2O3S/c1-14(2)16(4)22-21(24)18-9-7-10-19(13-18)27(25,26)23-15(3)12-17-8-5-6-11-20(17)23/h5-11,13-16H,12H2,1-4H3,(H,22,24). The van der Waals surface area contributed by atoms with Crippen LogP contribution in [0.5, 0.6) is 0 Å². The minimum Gasteiger partial charge on any atom is -0.349 e. The number of amides is 1. The Labute approximate surface area is 161 Å². The monoisotopic (exact) mass is 386 g/mol. The van der Waals surface area contributed by atoms with Crippen LogP contribution >= 0.6 is 0 Å². The Kier molecular flexibility index (Phi) is 5.29. The summed E-state index contributed by atoms with van der Waals surface area (Å²) in [5.74, 6) is 0.0333. The molecule has 0 radical (unpaired) electrons. The van der Waals surface area contributed by atoms with Crippen LogP contribution in [0, 0.1) is 5.92 Å². The Morgan fingerprint density at radius 1 is 1.11 bits per heavy atom. The van der Waals surface area contributed by atoms with E-state index in [0.717, 1.165) is 5.56 Å². The first-order valence-corrected chi connectivity index (χ1v) is 10.7. The Balaban J connectivity index is 1.94. The Hall–Kier alpha value is -2.34. The summed E-state index contributed by atoms with van der Waals surface area (Å²) in [5, 5.41) is 2.92. The fraction of sp³-hybridized carbons (Fsp3) is 0.381. The number of nitrogens with one attached hydrogen (secondary N) is 1. The van der Waals surface area contributed by atoms with E-state index in [1.54, 1.807) is 18.2 Å². The van der Waals surface area contributed by atoms with Crippen molar-refractivity contribution < 1.29 is 13.2 Å². The average molecular weight is 387 g/mol. The lowest BCUT2D eigenvalue weighted by Crippen LogP contribution is -2.37. The molecule has 0 fully saturated rings. The fourth-order valence-corrected chi connectivity index (χ4v) is 5.01. The third-order valence-electron chi connectivity index (χ3n) is 5.16. The molecule has 0 saturated heterocycles. The predicted octanol–water partition coefficient (Wildman–Crippen LogP) is 3.60. The molecule has 0 aliphatic carbocycles. The summed E-state index contributed by atoms with van der Waals surface area (Å²) in [5.41, 5.74) is 2.09. The summed E-state index contributed by atoms with van der Waals surface area (Å²) in [4.78, 5) is 12.6. The van der Waals surface area contributed by atoms with Crippen LogP contribution in [0.1, 0.15) is 43.6 Å². The van der Waals surface area contributed by atoms with Gasteiger partial charge in [-0.25, -0.2) is 8.42 Å². The molecule has 6 heteroatoms. The molecule has 0 saturated carbocycles. The number of carbonyl (C=O) groups is 1. The van der Waals surface area contributed by atoms with Gasteiger partial charge in [0.05, 0.1) is 10.6 Å². The van der Waals surface area contributed by atoms with Gasteiger partial charge in [0.2, 0.25) is 0 Å². The number of anilines is 1. The highest BCUT2D eigenvalue weighted by Gasteiger charge is 2.36. The van der Waals surface area contributed by atoms with Crippen molar-refractivity contribution in [1.82, 2.24) is 5.32 Å². The SMILES string of the molecule is CC(C)C(C)NC(=O)c1cccc(S(=O)(=O)N2c3ccccc3CC2C)c1. The molecule has 0 spiro atoms. The summed E-state index contributed by atoms with van der Waals surface area (Å²) >= 11 is 0. The molecule has 2 unspecified atom stereocenters. The lowest BCUT2D eigenvalue weighted by atomic mass is 10.1. The van der Waals surface area contributed by atoms with Gasteiger partial charge in [0.15, 0.2) is 0 Å². The number of para-hydroxylation sites is 1. The molecule has 3 rings (SSSR count). The quantitative estimate of drug-likeness (QED) is 0.854. The Bertz CT molecular complexity index is 953. The number of carbonyl (C=O) groups excluding carboxylic acids is 1. The number of hydrogen-bond acceptors (Lipinski definition) is 3. The molecular weight excluding hydrogens is 360 g/mol. The summed E-state index contributed by atoms with van der Waals surface area (Å²) in [6.45, 7) is 7.89. The Morgan fingerprint density at radius 3 is 2.52 bits per heavy atom. The van der Waals surface area contributed by atoms with Gasteiger partial charge in [-0.2, -0.15) is 0 Å². The maximum absolute atomic E-state index is 13.3. The normalized spacial score (nSPS) is 17.7. The minimum absolute atomic E-state index is 0.00300. The number of sulfonamides is 1. The number of hydrogen-bond donors (Lipinski definition) is 1. The van der Waals surface area contributed by atoms with Crippen molar-refractivity contribution in [3.63, 3.8) is 0 Å². The fourth-order valence-electron chi connectivity index (χ4n) is 3.27. The second kappa shape index (κ2) is 7.35. The first-order chi connectivity index (χ1) is 12.7. The van der Waals surface area contributed by atoms with Gasteiger partial charge in [-0.15, -0.1) is 0 Å². The van der Waals surface area contributed by atoms with E-state index in [4.69, 9.17) is 0 Å². The third-order valence-corrected chi connectivity index (χ3v) is 7.08. The molecular formula is C21H26N2O3S. The molecule has 27 heavy (non-hydrogen) atoms. The van der Waals surface area contributed by atoms with Gasteiger partial charge in [-0.3, -0.25) is 9.10 Å². The zero-order valence-electron chi connectivity index (χ0n) is 16.1. The summed E-state index contributed by atoms with van der Waals surface area (Å²) in [6.07, 6.45) is 0.682. The zero-order valence-corrected chi connectivity index (χ0v) is 17.0. The van der Waals surface area contributed by atoms with E-state index in [1.807, 2.05) is 52.0 Å². The van der Waals surface area contributed by atoms with E-state index in [2.05, 4.69) is 5.32 Å². The van der Waals surface area contributed by atoms with E-state index >= 15 is 0 Å². The topological polar surface area (TPSA) is 66.5 Å². The van der Waals surface area contributed by atoms with Crippen molar-refractivity contribution in [1.29, 1.82) is 0 Å². The number of rotatable bonds is 5. The summed E-state index contributed by atoms with van der Waals surface area (Å²) < 4.78 is 28.1.